The molecule has 0 radical (unpaired) electrons. The van der Waals surface area contributed by atoms with Crippen LogP contribution in [-0.4, -0.2) is 63.3 Å². The van der Waals surface area contributed by atoms with Crippen molar-refractivity contribution in [3.05, 3.63) is 53.7 Å². The number of carbonyl (C=O) groups excluding carboxylic acids is 1. The number of piperazine rings is 1. The zero-order valence-electron chi connectivity index (χ0n) is 16.0. The van der Waals surface area contributed by atoms with Gasteiger partial charge in [-0.15, -0.1) is 0 Å². The van der Waals surface area contributed by atoms with Crippen molar-refractivity contribution in [3.63, 3.8) is 0 Å². The summed E-state index contributed by atoms with van der Waals surface area (Å²) in [5.74, 6) is 1.05. The summed E-state index contributed by atoms with van der Waals surface area (Å²) in [4.78, 5) is 15.2. The van der Waals surface area contributed by atoms with Gasteiger partial charge in [0, 0.05) is 7.05 Å². The van der Waals surface area contributed by atoms with E-state index in [-0.39, 0.29) is 10.8 Å². The van der Waals surface area contributed by atoms with Crippen LogP contribution in [-0.2, 0) is 21.4 Å². The molecule has 0 bridgehead atoms. The number of halogens is 1. The summed E-state index contributed by atoms with van der Waals surface area (Å²) in [6, 6.07) is 8.55. The normalized spacial score (nSPS) is 16.2. The largest absolute Gasteiger partial charge is 0.464 e. The van der Waals surface area contributed by atoms with Crippen LogP contribution < -0.4 is 4.90 Å². The van der Waals surface area contributed by atoms with Crippen molar-refractivity contribution >= 4 is 15.9 Å². The van der Waals surface area contributed by atoms with Crippen LogP contribution in [0.2, 0.25) is 0 Å². The SMILES string of the molecule is Cc1ccc(CN(C)C(=O)C[NH+]2CCN(S(=O)(=O)c3ccc(F)cc3)CC2)o1. The summed E-state index contributed by atoms with van der Waals surface area (Å²) in [5, 5.41) is 0. The number of aryl methyl sites for hydroxylation is 1. The molecule has 0 saturated carbocycles. The Morgan fingerprint density at radius 2 is 1.82 bits per heavy atom. The molecule has 0 atom stereocenters. The number of nitrogens with one attached hydrogen (secondary N) is 1. The summed E-state index contributed by atoms with van der Waals surface area (Å²) in [6.07, 6.45) is 0. The number of benzene rings is 1. The summed E-state index contributed by atoms with van der Waals surface area (Å²) in [5.41, 5.74) is 0. The molecular formula is C19H25FN3O4S+. The maximum absolute atomic E-state index is 13.0. The van der Waals surface area contributed by atoms with Crippen molar-refractivity contribution in [1.29, 1.82) is 0 Å². The number of amides is 1. The minimum absolute atomic E-state index is 0.0149. The molecule has 0 spiro atoms. The monoisotopic (exact) mass is 410 g/mol. The Bertz CT molecular complexity index is 919. The molecule has 7 nitrogen and oxygen atoms in total. The van der Waals surface area contributed by atoms with Crippen LogP contribution in [0.3, 0.4) is 0 Å². The van der Waals surface area contributed by atoms with Gasteiger partial charge < -0.3 is 14.2 Å². The van der Waals surface area contributed by atoms with Crippen molar-refractivity contribution < 1.29 is 26.9 Å². The van der Waals surface area contributed by atoms with Crippen LogP contribution in [0.4, 0.5) is 4.39 Å². The number of nitrogens with zero attached hydrogens (tertiary/aromatic N) is 2. The quantitative estimate of drug-likeness (QED) is 0.742. The Balaban J connectivity index is 1.52. The highest BCUT2D eigenvalue weighted by atomic mass is 32.2. The molecule has 1 aromatic heterocycles. The van der Waals surface area contributed by atoms with Gasteiger partial charge in [-0.2, -0.15) is 4.31 Å². The first-order chi connectivity index (χ1) is 13.3. The lowest BCUT2D eigenvalue weighted by Gasteiger charge is -2.31. The minimum Gasteiger partial charge on any atom is -0.464 e. The maximum atomic E-state index is 13.0. The molecule has 1 aliphatic rings. The number of carbonyl (C=O) groups is 1. The van der Waals surface area contributed by atoms with Gasteiger partial charge in [-0.1, -0.05) is 0 Å². The number of sulfonamides is 1. The van der Waals surface area contributed by atoms with E-state index >= 15 is 0 Å². The Hall–Kier alpha value is -2.23. The lowest BCUT2D eigenvalue weighted by atomic mass is 10.3. The molecule has 28 heavy (non-hydrogen) atoms. The third-order valence-electron chi connectivity index (χ3n) is 4.90. The van der Waals surface area contributed by atoms with Gasteiger partial charge in [-0.05, 0) is 43.3 Å². The molecule has 1 aromatic carbocycles. The average Bonchev–Trinajstić information content (AvgIpc) is 3.07. The molecule has 0 unspecified atom stereocenters. The molecule has 152 valence electrons. The maximum Gasteiger partial charge on any atom is 0.277 e. The van der Waals surface area contributed by atoms with E-state index in [9.17, 15) is 17.6 Å². The fourth-order valence-electron chi connectivity index (χ4n) is 3.22. The van der Waals surface area contributed by atoms with E-state index in [2.05, 4.69) is 0 Å². The van der Waals surface area contributed by atoms with E-state index in [4.69, 9.17) is 4.42 Å². The van der Waals surface area contributed by atoms with Gasteiger partial charge in [0.1, 0.15) is 17.3 Å². The lowest BCUT2D eigenvalue weighted by Crippen LogP contribution is -3.15. The zero-order valence-corrected chi connectivity index (χ0v) is 16.8. The van der Waals surface area contributed by atoms with Crippen LogP contribution in [0.5, 0.6) is 0 Å². The minimum atomic E-state index is -3.64. The highest BCUT2D eigenvalue weighted by Crippen LogP contribution is 2.16. The molecule has 1 fully saturated rings. The number of furan rings is 1. The van der Waals surface area contributed by atoms with Crippen LogP contribution in [0.15, 0.2) is 45.7 Å². The first-order valence-electron chi connectivity index (χ1n) is 9.14. The number of hydrogen-bond donors (Lipinski definition) is 1. The summed E-state index contributed by atoms with van der Waals surface area (Å²) in [6.45, 7) is 4.30. The van der Waals surface area contributed by atoms with Crippen molar-refractivity contribution in [1.82, 2.24) is 9.21 Å². The van der Waals surface area contributed by atoms with E-state index in [1.165, 1.54) is 16.4 Å². The second-order valence-electron chi connectivity index (χ2n) is 7.05. The highest BCUT2D eigenvalue weighted by molar-refractivity contribution is 7.89. The van der Waals surface area contributed by atoms with E-state index in [1.54, 1.807) is 11.9 Å². The molecule has 1 saturated heterocycles. The average molecular weight is 410 g/mol. The highest BCUT2D eigenvalue weighted by Gasteiger charge is 2.31. The number of hydrogen-bond acceptors (Lipinski definition) is 4. The Kier molecular flexibility index (Phi) is 6.17. The number of rotatable bonds is 6. The fourth-order valence-corrected chi connectivity index (χ4v) is 4.66. The van der Waals surface area contributed by atoms with Crippen LogP contribution in [0, 0.1) is 12.7 Å². The molecular weight excluding hydrogens is 385 g/mol. The molecule has 9 heteroatoms. The third-order valence-corrected chi connectivity index (χ3v) is 6.81. The first kappa shape index (κ1) is 20.5. The standard InChI is InChI=1S/C19H24FN3O4S/c1-15-3-6-17(27-15)13-21(2)19(24)14-22-9-11-23(12-10-22)28(25,26)18-7-4-16(20)5-8-18/h3-8H,9-14H2,1-2H3/p+1. The predicted molar refractivity (Wildman–Crippen MR) is 101 cm³/mol. The van der Waals surface area contributed by atoms with Gasteiger partial charge in [0.2, 0.25) is 10.0 Å². The zero-order chi connectivity index (χ0) is 20.3. The Morgan fingerprint density at radius 3 is 2.39 bits per heavy atom. The summed E-state index contributed by atoms with van der Waals surface area (Å²) < 4.78 is 45.2. The Labute approximate surface area is 164 Å². The summed E-state index contributed by atoms with van der Waals surface area (Å²) in [7, 11) is -1.91. The summed E-state index contributed by atoms with van der Waals surface area (Å²) >= 11 is 0. The topological polar surface area (TPSA) is 75.3 Å². The van der Waals surface area contributed by atoms with E-state index in [1.807, 2.05) is 19.1 Å². The van der Waals surface area contributed by atoms with Crippen molar-refractivity contribution in [2.45, 2.75) is 18.4 Å². The molecule has 1 aliphatic heterocycles. The van der Waals surface area contributed by atoms with Crippen molar-refractivity contribution in [2.75, 3.05) is 39.8 Å². The van der Waals surface area contributed by atoms with Crippen LogP contribution >= 0.6 is 0 Å². The van der Waals surface area contributed by atoms with Crippen molar-refractivity contribution in [2.24, 2.45) is 0 Å². The van der Waals surface area contributed by atoms with Gasteiger partial charge in [-0.25, -0.2) is 12.8 Å². The smallest absolute Gasteiger partial charge is 0.277 e. The molecule has 2 heterocycles. The van der Waals surface area contributed by atoms with Gasteiger partial charge in [-0.3, -0.25) is 4.79 Å². The van der Waals surface area contributed by atoms with Gasteiger partial charge >= 0.3 is 0 Å². The van der Waals surface area contributed by atoms with Gasteiger partial charge in [0.15, 0.2) is 6.54 Å². The molecule has 2 aromatic rings. The molecule has 3 rings (SSSR count). The number of likely N-dealkylation sites (N-methyl/N-ethyl adjacent to an activating group) is 1. The second-order valence-corrected chi connectivity index (χ2v) is 8.98. The second kappa shape index (κ2) is 8.42. The first-order valence-corrected chi connectivity index (χ1v) is 10.6. The van der Waals surface area contributed by atoms with Gasteiger partial charge in [0.05, 0.1) is 37.6 Å². The fraction of sp³-hybridized carbons (Fsp3) is 0.421. The molecule has 0 aliphatic carbocycles. The Morgan fingerprint density at radius 1 is 1.18 bits per heavy atom. The van der Waals surface area contributed by atoms with Gasteiger partial charge in [0.25, 0.3) is 5.91 Å². The number of quaternary nitrogens is 1. The van der Waals surface area contributed by atoms with Crippen LogP contribution in [0.1, 0.15) is 11.5 Å². The van der Waals surface area contributed by atoms with Crippen LogP contribution in [0.25, 0.3) is 0 Å². The van der Waals surface area contributed by atoms with E-state index in [0.29, 0.717) is 39.3 Å². The van der Waals surface area contributed by atoms with E-state index in [0.717, 1.165) is 28.6 Å². The lowest BCUT2D eigenvalue weighted by molar-refractivity contribution is -0.896. The predicted octanol–water partition coefficient (Wildman–Crippen LogP) is 0.275. The molecule has 1 N–H and O–H groups in total. The molecule has 1 amide bonds. The van der Waals surface area contributed by atoms with Crippen molar-refractivity contribution in [3.8, 4) is 0 Å². The van der Waals surface area contributed by atoms with E-state index < -0.39 is 15.8 Å². The third kappa shape index (κ3) is 4.78.